The molecule has 130 valence electrons. The van der Waals surface area contributed by atoms with Crippen LogP contribution in [0.5, 0.6) is 0 Å². The average Bonchev–Trinajstić information content (AvgIpc) is 2.97. The molecule has 5 nitrogen and oxygen atoms in total. The minimum atomic E-state index is -0.728. The molecule has 1 amide bonds. The summed E-state index contributed by atoms with van der Waals surface area (Å²) >= 11 is 0. The van der Waals surface area contributed by atoms with Crippen molar-refractivity contribution in [2.45, 2.75) is 25.8 Å². The normalized spacial score (nSPS) is 12.5. The van der Waals surface area contributed by atoms with Gasteiger partial charge in [0, 0.05) is 30.4 Å². The van der Waals surface area contributed by atoms with Crippen LogP contribution in [-0.4, -0.2) is 15.7 Å². The van der Waals surface area contributed by atoms with Gasteiger partial charge in [-0.15, -0.1) is 0 Å². The van der Waals surface area contributed by atoms with Crippen LogP contribution in [0.4, 0.5) is 8.78 Å². The Morgan fingerprint density at radius 1 is 1.48 bits per heavy atom. The Morgan fingerprint density at radius 3 is 2.80 bits per heavy atom. The van der Waals surface area contributed by atoms with Crippen LogP contribution in [-0.2, 0) is 11.8 Å². The molecule has 0 spiro atoms. The molecule has 1 atom stereocenters. The summed E-state index contributed by atoms with van der Waals surface area (Å²) in [6, 6.07) is 4.42. The van der Waals surface area contributed by atoms with Gasteiger partial charge in [-0.3, -0.25) is 9.48 Å². The topological polar surface area (TPSA) is 70.7 Å². The number of hydrogen-bond acceptors (Lipinski definition) is 3. The van der Waals surface area contributed by atoms with Crippen molar-refractivity contribution in [1.29, 1.82) is 5.26 Å². The van der Waals surface area contributed by atoms with Crippen molar-refractivity contribution >= 4 is 12.0 Å². The maximum atomic E-state index is 14.0. The fourth-order valence-corrected chi connectivity index (χ4v) is 2.44. The highest BCUT2D eigenvalue weighted by molar-refractivity contribution is 6.01. The first-order chi connectivity index (χ1) is 11.9. The standard InChI is InChI=1S/C18H18F2N4O/c1-3-4-17(15-6-5-14(19)8-16(15)20)23-18(25)13(9-21)7-12-10-22-24(2)11-12/h5-8,10-11,17H,3-4H2,1-2H3,(H,23,25)/b13-7+. The molecule has 7 heteroatoms. The van der Waals surface area contributed by atoms with Gasteiger partial charge in [-0.25, -0.2) is 8.78 Å². The third-order valence-corrected chi connectivity index (χ3v) is 3.62. The third-order valence-electron chi connectivity index (χ3n) is 3.62. The van der Waals surface area contributed by atoms with E-state index < -0.39 is 23.6 Å². The largest absolute Gasteiger partial charge is 0.345 e. The van der Waals surface area contributed by atoms with Crippen molar-refractivity contribution in [2.24, 2.45) is 7.05 Å². The van der Waals surface area contributed by atoms with Gasteiger partial charge in [0.2, 0.25) is 0 Å². The van der Waals surface area contributed by atoms with Crippen LogP contribution in [0.25, 0.3) is 6.08 Å². The molecular formula is C18H18F2N4O. The van der Waals surface area contributed by atoms with Crippen molar-refractivity contribution in [2.75, 3.05) is 0 Å². The van der Waals surface area contributed by atoms with Gasteiger partial charge < -0.3 is 5.32 Å². The molecule has 2 aromatic rings. The Balaban J connectivity index is 2.24. The fraction of sp³-hybridized carbons (Fsp3) is 0.278. The van der Waals surface area contributed by atoms with Gasteiger partial charge >= 0.3 is 0 Å². The van der Waals surface area contributed by atoms with E-state index in [-0.39, 0.29) is 11.1 Å². The molecular weight excluding hydrogens is 326 g/mol. The average molecular weight is 344 g/mol. The number of hydrogen-bond donors (Lipinski definition) is 1. The highest BCUT2D eigenvalue weighted by atomic mass is 19.1. The van der Waals surface area contributed by atoms with Crippen LogP contribution in [0.15, 0.2) is 36.2 Å². The lowest BCUT2D eigenvalue weighted by Gasteiger charge is -2.19. The van der Waals surface area contributed by atoms with E-state index >= 15 is 0 Å². The van der Waals surface area contributed by atoms with E-state index in [0.717, 1.165) is 12.1 Å². The zero-order valence-corrected chi connectivity index (χ0v) is 14.0. The Morgan fingerprint density at radius 2 is 2.24 bits per heavy atom. The van der Waals surface area contributed by atoms with Crippen LogP contribution >= 0.6 is 0 Å². The van der Waals surface area contributed by atoms with Crippen LogP contribution in [0, 0.1) is 23.0 Å². The Labute approximate surface area is 144 Å². The molecule has 0 saturated carbocycles. The van der Waals surface area contributed by atoms with Crippen molar-refractivity contribution in [3.63, 3.8) is 0 Å². The third kappa shape index (κ3) is 4.73. The Kier molecular flexibility index (Phi) is 6.01. The second kappa shape index (κ2) is 8.20. The van der Waals surface area contributed by atoms with Crippen molar-refractivity contribution in [3.8, 4) is 6.07 Å². The molecule has 1 aromatic heterocycles. The summed E-state index contributed by atoms with van der Waals surface area (Å²) < 4.78 is 28.7. The number of nitriles is 1. The van der Waals surface area contributed by atoms with Crippen molar-refractivity contribution in [1.82, 2.24) is 15.1 Å². The monoisotopic (exact) mass is 344 g/mol. The number of aromatic nitrogens is 2. The molecule has 0 fully saturated rings. The first kappa shape index (κ1) is 18.3. The zero-order chi connectivity index (χ0) is 18.4. The lowest BCUT2D eigenvalue weighted by atomic mass is 10.0. The zero-order valence-electron chi connectivity index (χ0n) is 14.0. The van der Waals surface area contributed by atoms with Crippen molar-refractivity contribution in [3.05, 3.63) is 58.9 Å². The van der Waals surface area contributed by atoms with Gasteiger partial charge in [-0.2, -0.15) is 10.4 Å². The number of halogens is 2. The molecule has 1 aromatic carbocycles. The summed E-state index contributed by atoms with van der Waals surface area (Å²) in [5.74, 6) is -2.03. The summed E-state index contributed by atoms with van der Waals surface area (Å²) in [6.45, 7) is 1.89. The molecule has 1 N–H and O–H groups in total. The first-order valence-electron chi connectivity index (χ1n) is 7.80. The summed E-state index contributed by atoms with van der Waals surface area (Å²) in [5, 5.41) is 15.9. The van der Waals surface area contributed by atoms with Gasteiger partial charge in [0.15, 0.2) is 0 Å². The maximum absolute atomic E-state index is 14.0. The van der Waals surface area contributed by atoms with Crippen LogP contribution in [0.1, 0.15) is 36.9 Å². The predicted molar refractivity (Wildman–Crippen MR) is 88.9 cm³/mol. The Hall–Kier alpha value is -3.01. The van der Waals surface area contributed by atoms with Gasteiger partial charge in [0.1, 0.15) is 23.3 Å². The molecule has 25 heavy (non-hydrogen) atoms. The highest BCUT2D eigenvalue weighted by Gasteiger charge is 2.20. The number of benzene rings is 1. The van der Waals surface area contributed by atoms with E-state index in [4.69, 9.17) is 0 Å². The van der Waals surface area contributed by atoms with Gasteiger partial charge in [-0.1, -0.05) is 19.4 Å². The second-order valence-electron chi connectivity index (χ2n) is 5.60. The SMILES string of the molecule is CCCC(NC(=O)/C(C#N)=C/c1cnn(C)c1)c1ccc(F)cc1F. The number of aryl methyl sites for hydroxylation is 1. The van der Waals surface area contributed by atoms with Gasteiger partial charge in [0.05, 0.1) is 12.2 Å². The molecule has 2 rings (SSSR count). The lowest BCUT2D eigenvalue weighted by molar-refractivity contribution is -0.117. The second-order valence-corrected chi connectivity index (χ2v) is 5.60. The number of rotatable bonds is 6. The molecule has 0 saturated heterocycles. The Bertz CT molecular complexity index is 836. The molecule has 1 unspecified atom stereocenters. The van der Waals surface area contributed by atoms with Crippen LogP contribution in [0.3, 0.4) is 0 Å². The highest BCUT2D eigenvalue weighted by Crippen LogP contribution is 2.23. The molecule has 0 aliphatic rings. The van der Waals surface area contributed by atoms with E-state index in [1.54, 1.807) is 17.9 Å². The maximum Gasteiger partial charge on any atom is 0.262 e. The van der Waals surface area contributed by atoms with Crippen LogP contribution in [0.2, 0.25) is 0 Å². The molecule has 0 bridgehead atoms. The summed E-state index contributed by atoms with van der Waals surface area (Å²) in [7, 11) is 1.72. The minimum absolute atomic E-state index is 0.114. The van der Waals surface area contributed by atoms with E-state index in [0.29, 0.717) is 18.4 Å². The molecule has 1 heterocycles. The number of nitrogens with zero attached hydrogens (tertiary/aromatic N) is 3. The van der Waals surface area contributed by atoms with Gasteiger partial charge in [0.25, 0.3) is 5.91 Å². The fourth-order valence-electron chi connectivity index (χ4n) is 2.44. The number of carbonyl (C=O) groups excluding carboxylic acids is 1. The van der Waals surface area contributed by atoms with Gasteiger partial charge in [-0.05, 0) is 18.6 Å². The first-order valence-corrected chi connectivity index (χ1v) is 7.80. The molecule has 0 radical (unpaired) electrons. The van der Waals surface area contributed by atoms with E-state index in [9.17, 15) is 18.8 Å². The predicted octanol–water partition coefficient (Wildman–Crippen LogP) is 3.26. The summed E-state index contributed by atoms with van der Waals surface area (Å²) in [4.78, 5) is 12.4. The number of carbonyl (C=O) groups is 1. The molecule has 0 aliphatic carbocycles. The smallest absolute Gasteiger partial charge is 0.262 e. The van der Waals surface area contributed by atoms with E-state index in [1.807, 2.05) is 13.0 Å². The van der Waals surface area contributed by atoms with E-state index in [1.165, 1.54) is 18.3 Å². The van der Waals surface area contributed by atoms with Crippen LogP contribution < -0.4 is 5.32 Å². The number of amides is 1. The van der Waals surface area contributed by atoms with E-state index in [2.05, 4.69) is 10.4 Å². The minimum Gasteiger partial charge on any atom is -0.345 e. The summed E-state index contributed by atoms with van der Waals surface area (Å²) in [5.41, 5.74) is 0.682. The quantitative estimate of drug-likeness (QED) is 0.646. The summed E-state index contributed by atoms with van der Waals surface area (Å²) in [6.07, 6.45) is 5.73. The molecule has 0 aliphatic heterocycles. The number of nitrogens with one attached hydrogen (secondary N) is 1. The lowest BCUT2D eigenvalue weighted by Crippen LogP contribution is -2.30. The van der Waals surface area contributed by atoms with Crippen molar-refractivity contribution < 1.29 is 13.6 Å².